The van der Waals surface area contributed by atoms with E-state index in [1.54, 1.807) is 26.0 Å². The minimum absolute atomic E-state index is 0.111. The summed E-state index contributed by atoms with van der Waals surface area (Å²) < 4.78 is 36.6. The van der Waals surface area contributed by atoms with E-state index in [4.69, 9.17) is 14.7 Å². The molecule has 1 fully saturated rings. The molecule has 1 N–H and O–H groups in total. The van der Waals surface area contributed by atoms with E-state index in [1.165, 1.54) is 12.2 Å². The molecule has 11 heteroatoms. The number of hydrogen-bond donors (Lipinski definition) is 1. The normalized spacial score (nSPS) is 23.9. The maximum atomic E-state index is 13.4. The van der Waals surface area contributed by atoms with Crippen LogP contribution in [-0.4, -0.2) is 80.9 Å². The molecule has 0 bridgehead atoms. The molecule has 1 aromatic carbocycles. The number of hydrogen-bond acceptors (Lipinski definition) is 9. The molecule has 0 saturated heterocycles. The van der Waals surface area contributed by atoms with Gasteiger partial charge in [0.25, 0.3) is 0 Å². The maximum Gasteiger partial charge on any atom is 0.509 e. The van der Waals surface area contributed by atoms with Crippen LogP contribution in [0, 0.1) is 13.8 Å². The molecule has 178 valence electrons. The lowest BCUT2D eigenvalue weighted by molar-refractivity contribution is -0.226. The number of nitrogens with zero attached hydrogens (tertiary/aromatic N) is 3. The van der Waals surface area contributed by atoms with Gasteiger partial charge in [-0.3, -0.25) is 0 Å². The number of ether oxygens (including phenoxy) is 2. The summed E-state index contributed by atoms with van der Waals surface area (Å²) in [6.07, 6.45) is 0.408. The zero-order valence-electron chi connectivity index (χ0n) is 19.1. The van der Waals surface area contributed by atoms with E-state index < -0.39 is 28.2 Å². The highest BCUT2D eigenvalue weighted by molar-refractivity contribution is 7.92. The molecule has 3 rings (SSSR count). The Bertz CT molecular complexity index is 962. The average molecular weight is 470 g/mol. The van der Waals surface area contributed by atoms with Crippen LogP contribution in [0.25, 0.3) is 0 Å². The zero-order chi connectivity index (χ0) is 23.6. The lowest BCUT2D eigenvalue weighted by Gasteiger charge is -2.37. The van der Waals surface area contributed by atoms with Gasteiger partial charge >= 0.3 is 12.6 Å². The Hall–Kier alpha value is -2.37. The Kier molecular flexibility index (Phi) is 7.31. The first-order valence-corrected chi connectivity index (χ1v) is 12.1. The number of sulfone groups is 1. The maximum absolute atomic E-state index is 13.4. The van der Waals surface area contributed by atoms with Gasteiger partial charge in [0.1, 0.15) is 17.3 Å². The number of rotatable bonds is 7. The van der Waals surface area contributed by atoms with Gasteiger partial charge in [-0.15, -0.1) is 0 Å². The number of amidine groups is 1. The molecule has 1 aliphatic carbocycles. The van der Waals surface area contributed by atoms with Crippen molar-refractivity contribution in [3.05, 3.63) is 23.3 Å². The highest BCUT2D eigenvalue weighted by Crippen LogP contribution is 2.31. The van der Waals surface area contributed by atoms with E-state index in [2.05, 4.69) is 14.6 Å². The quantitative estimate of drug-likeness (QED) is 0.601. The highest BCUT2D eigenvalue weighted by Gasteiger charge is 2.39. The number of hydroxylamine groups is 2. The third kappa shape index (κ3) is 5.33. The molecular weight excluding hydrogens is 438 g/mol. The third-order valence-electron chi connectivity index (χ3n) is 5.94. The molecule has 1 aromatic rings. The van der Waals surface area contributed by atoms with E-state index in [9.17, 15) is 13.2 Å². The van der Waals surface area contributed by atoms with Crippen LogP contribution in [0.4, 0.5) is 4.79 Å². The predicted molar refractivity (Wildman–Crippen MR) is 118 cm³/mol. The third-order valence-corrected chi connectivity index (χ3v) is 7.85. The van der Waals surface area contributed by atoms with Crippen molar-refractivity contribution in [2.45, 2.75) is 62.9 Å². The molecule has 0 aromatic heterocycles. The first kappa shape index (κ1) is 24.3. The second kappa shape index (κ2) is 9.63. The largest absolute Gasteiger partial charge is 0.509 e. The smallest absolute Gasteiger partial charge is 0.497 e. The van der Waals surface area contributed by atoms with Crippen LogP contribution in [0.5, 0.6) is 5.75 Å². The fraction of sp³-hybridized carbons (Fsp3) is 0.619. The van der Waals surface area contributed by atoms with Crippen molar-refractivity contribution in [2.24, 2.45) is 4.99 Å². The molecule has 2 aliphatic rings. The number of aryl methyl sites for hydroxylation is 2. The van der Waals surface area contributed by atoms with Crippen LogP contribution in [-0.2, 0) is 19.4 Å². The molecule has 0 spiro atoms. The van der Waals surface area contributed by atoms with E-state index >= 15 is 0 Å². The SMILES string of the molecule is COc1cc(C)c(S(=O)(=O)CC2=NC(OC(=O)O)ON2C2CCC(N(C)C)CC2)c(C)c1. The van der Waals surface area contributed by atoms with Gasteiger partial charge < -0.3 is 19.5 Å². The van der Waals surface area contributed by atoms with Crippen LogP contribution >= 0.6 is 0 Å². The zero-order valence-corrected chi connectivity index (χ0v) is 19.9. The van der Waals surface area contributed by atoms with E-state index in [0.29, 0.717) is 22.9 Å². The lowest BCUT2D eigenvalue weighted by Crippen LogP contribution is -2.45. The van der Waals surface area contributed by atoms with E-state index in [-0.39, 0.29) is 16.8 Å². The first-order valence-electron chi connectivity index (χ1n) is 10.5. The van der Waals surface area contributed by atoms with Crippen molar-refractivity contribution < 1.29 is 32.6 Å². The summed E-state index contributed by atoms with van der Waals surface area (Å²) >= 11 is 0. The molecule has 0 radical (unpaired) electrons. The Morgan fingerprint density at radius 3 is 2.31 bits per heavy atom. The molecule has 10 nitrogen and oxygen atoms in total. The molecule has 1 aliphatic heterocycles. The minimum Gasteiger partial charge on any atom is -0.497 e. The second-order valence-electron chi connectivity index (χ2n) is 8.44. The van der Waals surface area contributed by atoms with Crippen LogP contribution in [0.2, 0.25) is 0 Å². The number of aliphatic imine (C=N–C) groups is 1. The Morgan fingerprint density at radius 2 is 1.81 bits per heavy atom. The van der Waals surface area contributed by atoms with Gasteiger partial charge in [0, 0.05) is 6.04 Å². The summed E-state index contributed by atoms with van der Waals surface area (Å²) in [5.41, 5.74) is 1.13. The van der Waals surface area contributed by atoms with Crippen LogP contribution in [0.15, 0.2) is 22.0 Å². The number of carboxylic acid groups (broad SMARTS) is 1. The summed E-state index contributed by atoms with van der Waals surface area (Å²) in [5, 5.41) is 10.4. The Labute approximate surface area is 188 Å². The molecule has 1 atom stereocenters. The standard InChI is InChI=1S/C21H31N3O7S/c1-13-10-17(29-5)11-14(2)19(13)32(27,28)12-18-22-20(30-21(25)26)31-24(18)16-8-6-15(7-9-16)23(3)4/h10-11,15-16,20H,6-9,12H2,1-5H3,(H,25,26). The number of benzene rings is 1. The molecule has 1 unspecified atom stereocenters. The van der Waals surface area contributed by atoms with Crippen LogP contribution < -0.4 is 4.74 Å². The van der Waals surface area contributed by atoms with Gasteiger partial charge in [0.15, 0.2) is 9.84 Å². The van der Waals surface area contributed by atoms with Crippen molar-refractivity contribution in [3.8, 4) is 5.75 Å². The summed E-state index contributed by atoms with van der Waals surface area (Å²) in [4.78, 5) is 23.1. The van der Waals surface area contributed by atoms with Crippen LogP contribution in [0.1, 0.15) is 36.8 Å². The molecule has 0 amide bonds. The van der Waals surface area contributed by atoms with Crippen molar-refractivity contribution in [1.29, 1.82) is 0 Å². The van der Waals surface area contributed by atoms with Gasteiger partial charge in [0.2, 0.25) is 0 Å². The first-order chi connectivity index (χ1) is 15.0. The van der Waals surface area contributed by atoms with Crippen LogP contribution in [0.3, 0.4) is 0 Å². The Balaban J connectivity index is 1.86. The Morgan fingerprint density at radius 1 is 1.22 bits per heavy atom. The van der Waals surface area contributed by atoms with Crippen molar-refractivity contribution in [1.82, 2.24) is 9.96 Å². The van der Waals surface area contributed by atoms with Gasteiger partial charge in [0.05, 0.1) is 18.0 Å². The number of methoxy groups -OCH3 is 1. The fourth-order valence-electron chi connectivity index (χ4n) is 4.46. The summed E-state index contributed by atoms with van der Waals surface area (Å²) in [6.45, 7) is 3.43. The predicted octanol–water partition coefficient (Wildman–Crippen LogP) is 2.58. The topological polar surface area (TPSA) is 118 Å². The van der Waals surface area contributed by atoms with E-state index in [0.717, 1.165) is 25.7 Å². The summed E-state index contributed by atoms with van der Waals surface area (Å²) in [7, 11) is 1.80. The van der Waals surface area contributed by atoms with Gasteiger partial charge in [-0.2, -0.15) is 4.99 Å². The van der Waals surface area contributed by atoms with Gasteiger partial charge in [-0.25, -0.2) is 23.1 Å². The van der Waals surface area contributed by atoms with E-state index in [1.807, 2.05) is 14.1 Å². The van der Waals surface area contributed by atoms with Gasteiger partial charge in [-0.05, 0) is 76.9 Å². The highest BCUT2D eigenvalue weighted by atomic mass is 32.2. The minimum atomic E-state index is -3.80. The monoisotopic (exact) mass is 469 g/mol. The molecular formula is C21H31N3O7S. The van der Waals surface area contributed by atoms with Crippen molar-refractivity contribution in [2.75, 3.05) is 27.0 Å². The number of carbonyl (C=O) groups is 1. The lowest BCUT2D eigenvalue weighted by atomic mass is 9.90. The second-order valence-corrected chi connectivity index (χ2v) is 10.4. The molecule has 1 heterocycles. The summed E-state index contributed by atoms with van der Waals surface area (Å²) in [5.74, 6) is 0.308. The summed E-state index contributed by atoms with van der Waals surface area (Å²) in [6, 6.07) is 3.67. The molecule has 32 heavy (non-hydrogen) atoms. The average Bonchev–Trinajstić information content (AvgIpc) is 3.07. The molecule has 1 saturated carbocycles. The van der Waals surface area contributed by atoms with Gasteiger partial charge in [-0.1, -0.05) is 0 Å². The van der Waals surface area contributed by atoms with Crippen molar-refractivity contribution in [3.63, 3.8) is 0 Å². The fourth-order valence-corrected chi connectivity index (χ4v) is 6.25. The van der Waals surface area contributed by atoms with Crippen molar-refractivity contribution >= 4 is 21.8 Å².